The molecule has 5 nitrogen and oxygen atoms in total. The van der Waals surface area contributed by atoms with E-state index in [2.05, 4.69) is 5.32 Å². The second-order valence-corrected chi connectivity index (χ2v) is 5.81. The summed E-state index contributed by atoms with van der Waals surface area (Å²) < 4.78 is 27.9. The van der Waals surface area contributed by atoms with Crippen LogP contribution in [0.5, 0.6) is 5.75 Å². The van der Waals surface area contributed by atoms with Crippen LogP contribution in [-0.4, -0.2) is 32.4 Å². The van der Waals surface area contributed by atoms with Crippen LogP contribution in [0, 0.1) is 12.3 Å². The Morgan fingerprint density at radius 1 is 1.37 bits per heavy atom. The monoisotopic (exact) mass is 281 g/mol. The normalized spacial score (nSPS) is 10.5. The van der Waals surface area contributed by atoms with Crippen LogP contribution in [0.1, 0.15) is 6.92 Å². The van der Waals surface area contributed by atoms with E-state index in [1.54, 1.807) is 24.3 Å². The van der Waals surface area contributed by atoms with Crippen LogP contribution in [0.4, 0.5) is 5.69 Å². The van der Waals surface area contributed by atoms with Crippen LogP contribution in [0.15, 0.2) is 24.3 Å². The first-order chi connectivity index (χ1) is 8.96. The first-order valence-electron chi connectivity index (χ1n) is 5.63. The van der Waals surface area contributed by atoms with Gasteiger partial charge in [0.05, 0.1) is 6.61 Å². The van der Waals surface area contributed by atoms with Crippen LogP contribution < -0.4 is 10.1 Å². The van der Waals surface area contributed by atoms with Gasteiger partial charge in [-0.2, -0.15) is 0 Å². The van der Waals surface area contributed by atoms with Gasteiger partial charge in [-0.3, -0.25) is 4.79 Å². The van der Waals surface area contributed by atoms with Crippen molar-refractivity contribution in [3.05, 3.63) is 24.3 Å². The number of carbonyl (C=O) groups is 1. The van der Waals surface area contributed by atoms with Gasteiger partial charge in [-0.05, 0) is 31.2 Å². The summed E-state index contributed by atoms with van der Waals surface area (Å²) in [6, 6.07) is 6.65. The Morgan fingerprint density at radius 2 is 2.00 bits per heavy atom. The molecule has 1 rings (SSSR count). The zero-order chi connectivity index (χ0) is 14.3. The first-order valence-corrected chi connectivity index (χ1v) is 7.45. The molecule has 0 aliphatic carbocycles. The van der Waals surface area contributed by atoms with Crippen molar-refractivity contribution in [3.8, 4) is 18.1 Å². The Labute approximate surface area is 112 Å². The number of hydrogen-bond donors (Lipinski definition) is 1. The number of amides is 1. The van der Waals surface area contributed by atoms with Gasteiger partial charge in [0.15, 0.2) is 9.84 Å². The maximum atomic E-state index is 11.5. The van der Waals surface area contributed by atoms with Crippen molar-refractivity contribution in [3.63, 3.8) is 0 Å². The van der Waals surface area contributed by atoms with Crippen LogP contribution in [-0.2, 0) is 14.6 Å². The van der Waals surface area contributed by atoms with E-state index in [0.29, 0.717) is 18.0 Å². The number of benzene rings is 1. The summed E-state index contributed by atoms with van der Waals surface area (Å²) in [5.74, 6) is 1.02. The number of rotatable bonds is 6. The van der Waals surface area contributed by atoms with Crippen molar-refractivity contribution < 1.29 is 17.9 Å². The fourth-order valence-electron chi connectivity index (χ4n) is 1.38. The predicted octanol–water partition coefficient (Wildman–Crippen LogP) is 1.07. The Kier molecular flexibility index (Phi) is 5.39. The molecule has 1 amide bonds. The molecule has 1 aromatic rings. The van der Waals surface area contributed by atoms with Crippen molar-refractivity contribution in [2.45, 2.75) is 6.92 Å². The molecule has 102 valence electrons. The van der Waals surface area contributed by atoms with Crippen molar-refractivity contribution >= 4 is 21.4 Å². The minimum absolute atomic E-state index is 0.441. The standard InChI is InChI=1S/C13H15NO4S/c1-3-9-19(16,17)10-13(15)14-11-5-7-12(8-6-11)18-4-2/h1,5-8H,4,9-10H2,2H3,(H,14,15). The van der Waals surface area contributed by atoms with Crippen LogP contribution in [0.2, 0.25) is 0 Å². The highest BCUT2D eigenvalue weighted by Crippen LogP contribution is 2.15. The van der Waals surface area contributed by atoms with Gasteiger partial charge in [0.1, 0.15) is 17.3 Å². The number of terminal acetylenes is 1. The lowest BCUT2D eigenvalue weighted by atomic mass is 10.3. The zero-order valence-electron chi connectivity index (χ0n) is 10.5. The molecule has 0 heterocycles. The van der Waals surface area contributed by atoms with Crippen LogP contribution >= 0.6 is 0 Å². The first kappa shape index (κ1) is 15.1. The van der Waals surface area contributed by atoms with E-state index < -0.39 is 27.3 Å². The predicted molar refractivity (Wildman–Crippen MR) is 73.7 cm³/mol. The number of carbonyl (C=O) groups excluding carboxylic acids is 1. The van der Waals surface area contributed by atoms with Crippen molar-refractivity contribution in [1.29, 1.82) is 0 Å². The van der Waals surface area contributed by atoms with Gasteiger partial charge < -0.3 is 10.1 Å². The lowest BCUT2D eigenvalue weighted by Crippen LogP contribution is -2.24. The third-order valence-electron chi connectivity index (χ3n) is 2.10. The summed E-state index contributed by atoms with van der Waals surface area (Å²) in [5, 5.41) is 2.48. The van der Waals surface area contributed by atoms with E-state index in [1.165, 1.54) is 0 Å². The summed E-state index contributed by atoms with van der Waals surface area (Å²) in [4.78, 5) is 11.5. The number of ether oxygens (including phenoxy) is 1. The summed E-state index contributed by atoms with van der Waals surface area (Å²) in [7, 11) is -3.54. The Balaban J connectivity index is 2.60. The highest BCUT2D eigenvalue weighted by atomic mass is 32.2. The minimum atomic E-state index is -3.54. The third-order valence-corrected chi connectivity index (χ3v) is 3.41. The van der Waals surface area contributed by atoms with Gasteiger partial charge in [0.25, 0.3) is 0 Å². The molecule has 0 radical (unpaired) electrons. The van der Waals surface area contributed by atoms with Gasteiger partial charge in [0.2, 0.25) is 5.91 Å². The smallest absolute Gasteiger partial charge is 0.239 e. The molecule has 0 spiro atoms. The Bertz CT molecular complexity index is 570. The van der Waals surface area contributed by atoms with E-state index in [1.807, 2.05) is 12.8 Å². The number of sulfone groups is 1. The topological polar surface area (TPSA) is 72.5 Å². The second-order valence-electron chi connectivity index (χ2n) is 3.74. The zero-order valence-corrected chi connectivity index (χ0v) is 11.4. The molecule has 0 atom stereocenters. The van der Waals surface area contributed by atoms with E-state index in [4.69, 9.17) is 11.2 Å². The number of hydrogen-bond acceptors (Lipinski definition) is 4. The molecule has 0 aromatic heterocycles. The molecule has 0 saturated carbocycles. The lowest BCUT2D eigenvalue weighted by Gasteiger charge is -2.07. The molecule has 0 bridgehead atoms. The maximum Gasteiger partial charge on any atom is 0.239 e. The summed E-state index contributed by atoms with van der Waals surface area (Å²) in [5.41, 5.74) is 0.504. The van der Waals surface area contributed by atoms with E-state index in [0.717, 1.165) is 0 Å². The van der Waals surface area contributed by atoms with Gasteiger partial charge in [-0.1, -0.05) is 5.92 Å². The van der Waals surface area contributed by atoms with Gasteiger partial charge in [-0.15, -0.1) is 6.42 Å². The molecular weight excluding hydrogens is 266 g/mol. The second kappa shape index (κ2) is 6.81. The largest absolute Gasteiger partial charge is 0.494 e. The van der Waals surface area contributed by atoms with Gasteiger partial charge in [0, 0.05) is 5.69 Å². The van der Waals surface area contributed by atoms with Gasteiger partial charge >= 0.3 is 0 Å². The molecule has 1 aromatic carbocycles. The molecule has 6 heteroatoms. The summed E-state index contributed by atoms with van der Waals surface area (Å²) in [6.07, 6.45) is 4.91. The highest BCUT2D eigenvalue weighted by molar-refractivity contribution is 7.92. The van der Waals surface area contributed by atoms with Crippen molar-refractivity contribution in [1.82, 2.24) is 0 Å². The third kappa shape index (κ3) is 5.44. The quantitative estimate of drug-likeness (QED) is 0.792. The molecule has 0 unspecified atom stereocenters. The van der Waals surface area contributed by atoms with E-state index >= 15 is 0 Å². The fourth-order valence-corrected chi connectivity index (χ4v) is 2.20. The summed E-state index contributed by atoms with van der Waals surface area (Å²) >= 11 is 0. The molecule has 0 saturated heterocycles. The molecule has 1 N–H and O–H groups in total. The average Bonchev–Trinajstić information content (AvgIpc) is 2.31. The Hall–Kier alpha value is -2.00. The van der Waals surface area contributed by atoms with Crippen molar-refractivity contribution in [2.75, 3.05) is 23.4 Å². The number of anilines is 1. The molecular formula is C13H15NO4S. The van der Waals surface area contributed by atoms with Crippen LogP contribution in [0.3, 0.4) is 0 Å². The maximum absolute atomic E-state index is 11.5. The minimum Gasteiger partial charge on any atom is -0.494 e. The highest BCUT2D eigenvalue weighted by Gasteiger charge is 2.15. The van der Waals surface area contributed by atoms with E-state index in [-0.39, 0.29) is 0 Å². The van der Waals surface area contributed by atoms with E-state index in [9.17, 15) is 13.2 Å². The summed E-state index contributed by atoms with van der Waals surface area (Å²) in [6.45, 7) is 2.42. The fraction of sp³-hybridized carbons (Fsp3) is 0.308. The van der Waals surface area contributed by atoms with Crippen molar-refractivity contribution in [2.24, 2.45) is 0 Å². The SMILES string of the molecule is C#CCS(=O)(=O)CC(=O)Nc1ccc(OCC)cc1. The Morgan fingerprint density at radius 3 is 2.53 bits per heavy atom. The molecule has 0 fully saturated rings. The molecule has 0 aliphatic heterocycles. The molecule has 19 heavy (non-hydrogen) atoms. The van der Waals surface area contributed by atoms with Crippen LogP contribution in [0.25, 0.3) is 0 Å². The average molecular weight is 281 g/mol. The van der Waals surface area contributed by atoms with Gasteiger partial charge in [-0.25, -0.2) is 8.42 Å². The lowest BCUT2D eigenvalue weighted by molar-refractivity contribution is -0.113. The molecule has 0 aliphatic rings. The number of nitrogens with one attached hydrogen (secondary N) is 1.